The van der Waals surface area contributed by atoms with E-state index in [1.54, 1.807) is 7.05 Å². The van der Waals surface area contributed by atoms with Crippen LogP contribution in [-0.4, -0.2) is 37.0 Å². The number of alkyl halides is 3. The fraction of sp³-hybridized carbons (Fsp3) is 0.500. The van der Waals surface area contributed by atoms with E-state index in [0.717, 1.165) is 31.5 Å². The summed E-state index contributed by atoms with van der Waals surface area (Å²) >= 11 is 0. The molecule has 1 saturated heterocycles. The van der Waals surface area contributed by atoms with Crippen molar-refractivity contribution in [3.05, 3.63) is 35.4 Å². The van der Waals surface area contributed by atoms with Crippen LogP contribution in [0.3, 0.4) is 0 Å². The minimum Gasteiger partial charge on any atom is -0.337 e. The van der Waals surface area contributed by atoms with E-state index in [4.69, 9.17) is 0 Å². The normalized spacial score (nSPS) is 18.8. The molecule has 1 N–H and O–H groups in total. The lowest BCUT2D eigenvalue weighted by atomic mass is 10.0. The van der Waals surface area contributed by atoms with Gasteiger partial charge in [-0.2, -0.15) is 13.2 Å². The van der Waals surface area contributed by atoms with Crippen LogP contribution in [0.5, 0.6) is 0 Å². The Morgan fingerprint density at radius 1 is 1.38 bits per heavy atom. The minimum atomic E-state index is -4.43. The SMILES string of the molecule is CN(C(=O)c1cccc(C(F)(F)F)c1)[C@H]1CCCNC1.Cl. The van der Waals surface area contributed by atoms with Gasteiger partial charge in [0.1, 0.15) is 0 Å². The Labute approximate surface area is 127 Å². The van der Waals surface area contributed by atoms with E-state index in [9.17, 15) is 18.0 Å². The number of piperidine rings is 1. The molecule has 0 spiro atoms. The summed E-state index contributed by atoms with van der Waals surface area (Å²) in [6.07, 6.45) is -2.60. The Bertz CT molecular complexity index is 487. The number of hydrogen-bond acceptors (Lipinski definition) is 2. The van der Waals surface area contributed by atoms with Crippen molar-refractivity contribution in [2.45, 2.75) is 25.1 Å². The van der Waals surface area contributed by atoms with E-state index >= 15 is 0 Å². The Morgan fingerprint density at radius 3 is 2.67 bits per heavy atom. The molecule has 0 aromatic heterocycles. The highest BCUT2D eigenvalue weighted by atomic mass is 35.5. The molecule has 1 fully saturated rings. The fourth-order valence-corrected chi connectivity index (χ4v) is 2.36. The second-order valence-corrected chi connectivity index (χ2v) is 4.99. The number of benzene rings is 1. The Hall–Kier alpha value is -1.27. The van der Waals surface area contributed by atoms with Crippen molar-refractivity contribution in [2.24, 2.45) is 0 Å². The van der Waals surface area contributed by atoms with Gasteiger partial charge in [-0.3, -0.25) is 4.79 Å². The van der Waals surface area contributed by atoms with E-state index in [-0.39, 0.29) is 29.9 Å². The van der Waals surface area contributed by atoms with Crippen LogP contribution in [0.2, 0.25) is 0 Å². The van der Waals surface area contributed by atoms with Crippen LogP contribution in [-0.2, 0) is 6.18 Å². The van der Waals surface area contributed by atoms with Gasteiger partial charge in [-0.1, -0.05) is 6.07 Å². The van der Waals surface area contributed by atoms with Crippen LogP contribution < -0.4 is 5.32 Å². The highest BCUT2D eigenvalue weighted by Crippen LogP contribution is 2.29. The van der Waals surface area contributed by atoms with Gasteiger partial charge in [0.25, 0.3) is 5.91 Å². The smallest absolute Gasteiger partial charge is 0.337 e. The highest BCUT2D eigenvalue weighted by Gasteiger charge is 2.31. The predicted octanol–water partition coefficient (Wildman–Crippen LogP) is 2.95. The molecule has 118 valence electrons. The van der Waals surface area contributed by atoms with Crippen LogP contribution >= 0.6 is 12.4 Å². The highest BCUT2D eigenvalue weighted by molar-refractivity contribution is 5.94. The molecule has 1 aromatic rings. The fourth-order valence-electron chi connectivity index (χ4n) is 2.36. The maximum Gasteiger partial charge on any atom is 0.416 e. The summed E-state index contributed by atoms with van der Waals surface area (Å²) < 4.78 is 38.0. The topological polar surface area (TPSA) is 32.3 Å². The first kappa shape index (κ1) is 17.8. The molecule has 1 aromatic carbocycles. The van der Waals surface area contributed by atoms with Crippen molar-refractivity contribution in [1.82, 2.24) is 10.2 Å². The number of halogens is 4. The zero-order valence-electron chi connectivity index (χ0n) is 11.6. The Kier molecular flexibility index (Phi) is 6.04. The van der Waals surface area contributed by atoms with Crippen molar-refractivity contribution in [3.63, 3.8) is 0 Å². The van der Waals surface area contributed by atoms with Crippen LogP contribution in [0.1, 0.15) is 28.8 Å². The first-order valence-electron chi connectivity index (χ1n) is 6.55. The standard InChI is InChI=1S/C14H17F3N2O.ClH/c1-19(12-6-3-7-18-9-12)13(20)10-4-2-5-11(8-10)14(15,16)17;/h2,4-5,8,12,18H,3,6-7,9H2,1H3;1H/t12-;/m0./s1. The van der Waals surface area contributed by atoms with Crippen molar-refractivity contribution < 1.29 is 18.0 Å². The molecule has 1 atom stereocenters. The summed E-state index contributed by atoms with van der Waals surface area (Å²) in [4.78, 5) is 13.8. The predicted molar refractivity (Wildman–Crippen MR) is 76.7 cm³/mol. The zero-order chi connectivity index (χ0) is 14.8. The summed E-state index contributed by atoms with van der Waals surface area (Å²) in [5.41, 5.74) is -0.716. The molecule has 0 saturated carbocycles. The molecule has 2 rings (SSSR count). The summed E-state index contributed by atoms with van der Waals surface area (Å²) in [6, 6.07) is 4.60. The van der Waals surface area contributed by atoms with E-state index in [1.165, 1.54) is 17.0 Å². The van der Waals surface area contributed by atoms with Crippen LogP contribution in [0, 0.1) is 0 Å². The number of likely N-dealkylation sites (N-methyl/N-ethyl adjacent to an activating group) is 1. The average Bonchev–Trinajstić information content (AvgIpc) is 2.46. The quantitative estimate of drug-likeness (QED) is 0.908. The van der Waals surface area contributed by atoms with Gasteiger partial charge in [0.15, 0.2) is 0 Å². The maximum absolute atomic E-state index is 12.7. The van der Waals surface area contributed by atoms with Crippen molar-refractivity contribution >= 4 is 18.3 Å². The first-order valence-corrected chi connectivity index (χ1v) is 6.55. The molecule has 0 unspecified atom stereocenters. The van der Waals surface area contributed by atoms with Crippen molar-refractivity contribution in [2.75, 3.05) is 20.1 Å². The molecule has 1 aliphatic rings. The summed E-state index contributed by atoms with van der Waals surface area (Å²) in [6.45, 7) is 1.60. The molecule has 3 nitrogen and oxygen atoms in total. The van der Waals surface area contributed by atoms with Gasteiger partial charge in [-0.05, 0) is 37.6 Å². The second kappa shape index (κ2) is 7.13. The Morgan fingerprint density at radius 2 is 2.10 bits per heavy atom. The van der Waals surface area contributed by atoms with E-state index in [2.05, 4.69) is 5.32 Å². The number of nitrogens with zero attached hydrogens (tertiary/aromatic N) is 1. The Balaban J connectivity index is 0.00000220. The molecule has 1 heterocycles. The van der Waals surface area contributed by atoms with E-state index in [1.807, 2.05) is 0 Å². The summed E-state index contributed by atoms with van der Waals surface area (Å²) in [5, 5.41) is 3.18. The average molecular weight is 323 g/mol. The summed E-state index contributed by atoms with van der Waals surface area (Å²) in [7, 11) is 1.64. The van der Waals surface area contributed by atoms with Gasteiger partial charge in [0, 0.05) is 25.2 Å². The molecule has 0 aliphatic carbocycles. The van der Waals surface area contributed by atoms with Gasteiger partial charge in [-0.25, -0.2) is 0 Å². The molecule has 7 heteroatoms. The largest absolute Gasteiger partial charge is 0.416 e. The minimum absolute atomic E-state index is 0. The lowest BCUT2D eigenvalue weighted by molar-refractivity contribution is -0.137. The van der Waals surface area contributed by atoms with Crippen LogP contribution in [0.4, 0.5) is 13.2 Å². The molecule has 21 heavy (non-hydrogen) atoms. The maximum atomic E-state index is 12.7. The van der Waals surface area contributed by atoms with E-state index < -0.39 is 11.7 Å². The van der Waals surface area contributed by atoms with Gasteiger partial charge in [0.05, 0.1) is 5.56 Å². The third-order valence-electron chi connectivity index (χ3n) is 3.58. The molecule has 1 amide bonds. The summed E-state index contributed by atoms with van der Waals surface area (Å²) in [5.74, 6) is -0.371. The van der Waals surface area contributed by atoms with Crippen molar-refractivity contribution in [1.29, 1.82) is 0 Å². The molecular formula is C14H18ClF3N2O. The number of carbonyl (C=O) groups excluding carboxylic acids is 1. The van der Waals surface area contributed by atoms with Crippen LogP contribution in [0.25, 0.3) is 0 Å². The number of rotatable bonds is 2. The van der Waals surface area contributed by atoms with Gasteiger partial charge < -0.3 is 10.2 Å². The van der Waals surface area contributed by atoms with Crippen molar-refractivity contribution in [3.8, 4) is 0 Å². The van der Waals surface area contributed by atoms with Gasteiger partial charge in [0.2, 0.25) is 0 Å². The van der Waals surface area contributed by atoms with E-state index in [0.29, 0.717) is 6.54 Å². The molecular weight excluding hydrogens is 305 g/mol. The monoisotopic (exact) mass is 322 g/mol. The van der Waals surface area contributed by atoms with Gasteiger partial charge in [-0.15, -0.1) is 12.4 Å². The number of hydrogen-bond donors (Lipinski definition) is 1. The lowest BCUT2D eigenvalue weighted by Gasteiger charge is -2.31. The van der Waals surface area contributed by atoms with Crippen LogP contribution in [0.15, 0.2) is 24.3 Å². The molecule has 0 radical (unpaired) electrons. The number of amides is 1. The molecule has 0 bridgehead atoms. The zero-order valence-corrected chi connectivity index (χ0v) is 12.4. The number of nitrogens with one attached hydrogen (secondary N) is 1. The third-order valence-corrected chi connectivity index (χ3v) is 3.58. The molecule has 1 aliphatic heterocycles. The lowest BCUT2D eigenvalue weighted by Crippen LogP contribution is -2.46. The third kappa shape index (κ3) is 4.35. The second-order valence-electron chi connectivity index (χ2n) is 4.99. The first-order chi connectivity index (χ1) is 9.39. The number of carbonyl (C=O) groups is 1. The van der Waals surface area contributed by atoms with Gasteiger partial charge >= 0.3 is 6.18 Å².